The maximum atomic E-state index is 13.4. The summed E-state index contributed by atoms with van der Waals surface area (Å²) in [6, 6.07) is 5.78. The molecule has 5 heterocycles. The Morgan fingerprint density at radius 3 is 2.55 bits per heavy atom. The lowest BCUT2D eigenvalue weighted by molar-refractivity contribution is -0.141. The molecule has 214 valence electrons. The van der Waals surface area contributed by atoms with Gasteiger partial charge < -0.3 is 9.64 Å². The first-order valence-electron chi connectivity index (χ1n) is 12.1. The standard InChI is InChI=1S/C27H19ClF3N7O3S/c1-12-4-14(7-32)23(27(29,30)31)36-22(12)25(40)38-10-18-20(11-38)42-26(35-18)37-24(39)17-8-33-13(2)5-15(17)16-6-21(28)34-9-19(16)41-3/h4-6,8-9H,10-11H2,1-3H3,(H,35,37,39). The van der Waals surface area contributed by atoms with Crippen molar-refractivity contribution in [1.82, 2.24) is 24.8 Å². The Hall–Kier alpha value is -4.61. The van der Waals surface area contributed by atoms with Crippen LogP contribution in [0.25, 0.3) is 11.1 Å². The molecule has 4 aromatic heterocycles. The molecule has 0 saturated carbocycles. The second-order valence-corrected chi connectivity index (χ2v) is 10.7. The molecule has 10 nitrogen and oxygen atoms in total. The van der Waals surface area contributed by atoms with Gasteiger partial charge in [0.1, 0.15) is 22.7 Å². The monoisotopic (exact) mass is 613 g/mol. The van der Waals surface area contributed by atoms with Crippen LogP contribution in [0.15, 0.2) is 30.6 Å². The topological polar surface area (TPSA) is 134 Å². The number of nitrogens with one attached hydrogen (secondary N) is 1. The van der Waals surface area contributed by atoms with Crippen LogP contribution in [0.1, 0.15) is 53.9 Å². The first kappa shape index (κ1) is 28.9. The molecule has 42 heavy (non-hydrogen) atoms. The highest BCUT2D eigenvalue weighted by molar-refractivity contribution is 7.16. The van der Waals surface area contributed by atoms with Gasteiger partial charge in [-0.05, 0) is 37.6 Å². The summed E-state index contributed by atoms with van der Waals surface area (Å²) in [5.74, 6) is -0.810. The van der Waals surface area contributed by atoms with E-state index in [9.17, 15) is 22.8 Å². The minimum Gasteiger partial charge on any atom is -0.494 e. The summed E-state index contributed by atoms with van der Waals surface area (Å²) in [7, 11) is 1.47. The van der Waals surface area contributed by atoms with Gasteiger partial charge in [-0.1, -0.05) is 22.9 Å². The minimum absolute atomic E-state index is 0.00700. The fourth-order valence-electron chi connectivity index (χ4n) is 4.44. The number of methoxy groups -OCH3 is 1. The normalized spacial score (nSPS) is 12.6. The van der Waals surface area contributed by atoms with Crippen LogP contribution in [0.3, 0.4) is 0 Å². The van der Waals surface area contributed by atoms with Crippen molar-refractivity contribution < 1.29 is 27.5 Å². The van der Waals surface area contributed by atoms with Crippen molar-refractivity contribution in [3.63, 3.8) is 0 Å². The van der Waals surface area contributed by atoms with E-state index in [0.717, 1.165) is 17.4 Å². The number of ether oxygens (including phenoxy) is 1. The lowest BCUT2D eigenvalue weighted by atomic mass is 10.0. The Balaban J connectivity index is 1.36. The summed E-state index contributed by atoms with van der Waals surface area (Å²) in [6.45, 7) is 3.27. The number of fused-ring (bicyclic) bond motifs is 1. The van der Waals surface area contributed by atoms with E-state index in [1.54, 1.807) is 19.1 Å². The van der Waals surface area contributed by atoms with Crippen LogP contribution in [-0.2, 0) is 19.3 Å². The molecule has 5 rings (SSSR count). The molecule has 0 aromatic carbocycles. The van der Waals surface area contributed by atoms with Crippen molar-refractivity contribution >= 4 is 39.9 Å². The van der Waals surface area contributed by atoms with Crippen LogP contribution in [0.4, 0.5) is 18.3 Å². The number of carbonyl (C=O) groups excluding carboxylic acids is 2. The van der Waals surface area contributed by atoms with E-state index >= 15 is 0 Å². The Labute approximate surface area is 245 Å². The number of anilines is 1. The largest absolute Gasteiger partial charge is 0.494 e. The highest BCUT2D eigenvalue weighted by Crippen LogP contribution is 2.36. The smallest absolute Gasteiger partial charge is 0.434 e. The van der Waals surface area contributed by atoms with E-state index in [0.29, 0.717) is 33.1 Å². The second kappa shape index (κ2) is 11.0. The molecule has 0 aliphatic carbocycles. The van der Waals surface area contributed by atoms with Crippen molar-refractivity contribution in [2.45, 2.75) is 33.1 Å². The van der Waals surface area contributed by atoms with Gasteiger partial charge in [-0.3, -0.25) is 19.9 Å². The molecular weight excluding hydrogens is 595 g/mol. The number of pyridine rings is 3. The van der Waals surface area contributed by atoms with Gasteiger partial charge in [-0.2, -0.15) is 18.4 Å². The van der Waals surface area contributed by atoms with Gasteiger partial charge in [0, 0.05) is 23.0 Å². The van der Waals surface area contributed by atoms with E-state index in [2.05, 4.69) is 25.3 Å². The Bertz CT molecular complexity index is 1780. The first-order valence-corrected chi connectivity index (χ1v) is 13.3. The lowest BCUT2D eigenvalue weighted by Gasteiger charge is -2.18. The third-order valence-corrected chi connectivity index (χ3v) is 7.60. The molecule has 0 saturated heterocycles. The van der Waals surface area contributed by atoms with E-state index < -0.39 is 34.9 Å². The summed E-state index contributed by atoms with van der Waals surface area (Å²) >= 11 is 7.24. The average Bonchev–Trinajstić information content (AvgIpc) is 3.50. The summed E-state index contributed by atoms with van der Waals surface area (Å²) in [4.78, 5) is 44.6. The molecule has 4 aromatic rings. The van der Waals surface area contributed by atoms with Gasteiger partial charge in [0.05, 0.1) is 48.1 Å². The molecular formula is C27H19ClF3N7O3S. The van der Waals surface area contributed by atoms with E-state index in [1.165, 1.54) is 37.4 Å². The number of rotatable bonds is 5. The third-order valence-electron chi connectivity index (χ3n) is 6.40. The number of aryl methyl sites for hydroxylation is 2. The van der Waals surface area contributed by atoms with Crippen molar-refractivity contribution in [2.75, 3.05) is 12.4 Å². The highest BCUT2D eigenvalue weighted by atomic mass is 35.5. The zero-order valence-electron chi connectivity index (χ0n) is 22.1. The number of halogens is 4. The molecule has 0 unspecified atom stereocenters. The number of nitriles is 1. The van der Waals surface area contributed by atoms with Gasteiger partial charge in [-0.25, -0.2) is 15.0 Å². The lowest BCUT2D eigenvalue weighted by Crippen LogP contribution is -2.28. The number of hydrogen-bond donors (Lipinski definition) is 1. The molecule has 0 fully saturated rings. The number of alkyl halides is 3. The summed E-state index contributed by atoms with van der Waals surface area (Å²) < 4.78 is 45.7. The first-order chi connectivity index (χ1) is 19.9. The van der Waals surface area contributed by atoms with Crippen LogP contribution in [0, 0.1) is 25.2 Å². The molecule has 0 spiro atoms. The quantitative estimate of drug-likeness (QED) is 0.289. The number of carbonyl (C=O) groups is 2. The minimum atomic E-state index is -4.90. The van der Waals surface area contributed by atoms with Gasteiger partial charge in [0.25, 0.3) is 11.8 Å². The van der Waals surface area contributed by atoms with Crippen molar-refractivity contribution in [2.24, 2.45) is 0 Å². The van der Waals surface area contributed by atoms with E-state index in [1.807, 2.05) is 0 Å². The predicted molar refractivity (Wildman–Crippen MR) is 146 cm³/mol. The zero-order valence-corrected chi connectivity index (χ0v) is 23.7. The summed E-state index contributed by atoms with van der Waals surface area (Å²) in [6.07, 6.45) is -2.02. The number of hydrogen-bond acceptors (Lipinski definition) is 9. The fraction of sp³-hybridized carbons (Fsp3) is 0.222. The average molecular weight is 614 g/mol. The Kier molecular flexibility index (Phi) is 7.56. The molecule has 1 N–H and O–H groups in total. The van der Waals surface area contributed by atoms with Gasteiger partial charge in [-0.15, -0.1) is 0 Å². The number of thiazole rings is 1. The molecule has 0 bridgehead atoms. The second-order valence-electron chi connectivity index (χ2n) is 9.24. The Morgan fingerprint density at radius 1 is 1.12 bits per heavy atom. The molecule has 1 aliphatic heterocycles. The molecule has 0 radical (unpaired) electrons. The van der Waals surface area contributed by atoms with E-state index in [-0.39, 0.29) is 34.5 Å². The fourth-order valence-corrected chi connectivity index (χ4v) is 5.58. The van der Waals surface area contributed by atoms with Crippen LogP contribution < -0.4 is 10.1 Å². The van der Waals surface area contributed by atoms with Crippen molar-refractivity contribution in [3.8, 4) is 22.9 Å². The van der Waals surface area contributed by atoms with Gasteiger partial charge in [0.15, 0.2) is 10.8 Å². The molecule has 2 amide bonds. The number of aromatic nitrogens is 4. The van der Waals surface area contributed by atoms with Crippen LogP contribution in [0.2, 0.25) is 5.15 Å². The molecule has 15 heteroatoms. The summed E-state index contributed by atoms with van der Waals surface area (Å²) in [5.41, 5.74) is 0.140. The van der Waals surface area contributed by atoms with Crippen molar-refractivity contribution in [3.05, 3.63) is 80.1 Å². The van der Waals surface area contributed by atoms with E-state index in [4.69, 9.17) is 21.6 Å². The maximum absolute atomic E-state index is 13.4. The molecule has 0 atom stereocenters. The molecule has 1 aliphatic rings. The van der Waals surface area contributed by atoms with Crippen LogP contribution in [-0.4, -0.2) is 43.8 Å². The maximum Gasteiger partial charge on any atom is 0.434 e. The van der Waals surface area contributed by atoms with Gasteiger partial charge in [0.2, 0.25) is 0 Å². The van der Waals surface area contributed by atoms with Crippen LogP contribution >= 0.6 is 22.9 Å². The zero-order chi connectivity index (χ0) is 30.3. The summed E-state index contributed by atoms with van der Waals surface area (Å²) in [5, 5.41) is 12.3. The SMILES string of the molecule is COc1cnc(Cl)cc1-c1cc(C)ncc1C(=O)Nc1nc2c(s1)CN(C(=O)c1nc(C(F)(F)F)c(C#N)cc1C)C2. The number of amides is 2. The van der Waals surface area contributed by atoms with Crippen molar-refractivity contribution in [1.29, 1.82) is 5.26 Å². The predicted octanol–water partition coefficient (Wildman–Crippen LogP) is 5.57. The van der Waals surface area contributed by atoms with Gasteiger partial charge >= 0.3 is 6.18 Å². The highest BCUT2D eigenvalue weighted by Gasteiger charge is 2.38. The van der Waals surface area contributed by atoms with Crippen LogP contribution in [0.5, 0.6) is 5.75 Å². The third kappa shape index (κ3) is 5.48. The Morgan fingerprint density at radius 2 is 1.88 bits per heavy atom. The number of nitrogens with zero attached hydrogens (tertiary/aromatic N) is 6.